The molecule has 0 spiro atoms. The van der Waals surface area contributed by atoms with Crippen molar-refractivity contribution in [1.82, 2.24) is 14.9 Å². The molecule has 1 fully saturated rings. The van der Waals surface area contributed by atoms with Gasteiger partial charge in [0.05, 0.1) is 11.6 Å². The highest BCUT2D eigenvalue weighted by Crippen LogP contribution is 2.27. The number of aromatic nitrogens is 2. The molecule has 1 aromatic heterocycles. The van der Waals surface area contributed by atoms with Gasteiger partial charge in [-0.25, -0.2) is 9.97 Å². The molecule has 2 heterocycles. The highest BCUT2D eigenvalue weighted by atomic mass is 79.9. The van der Waals surface area contributed by atoms with Crippen molar-refractivity contribution in [1.29, 1.82) is 0 Å². The van der Waals surface area contributed by atoms with Gasteiger partial charge >= 0.3 is 0 Å². The number of benzene rings is 1. The first-order chi connectivity index (χ1) is 12.1. The van der Waals surface area contributed by atoms with Crippen LogP contribution in [0.1, 0.15) is 24.1 Å². The van der Waals surface area contributed by atoms with Gasteiger partial charge in [0.1, 0.15) is 17.9 Å². The molecule has 1 aromatic carbocycles. The third-order valence-corrected chi connectivity index (χ3v) is 5.42. The fraction of sp³-hybridized carbons (Fsp3) is 0.474. The molecule has 0 N–H and O–H groups in total. The molecular weight excluding hydrogens is 380 g/mol. The molecule has 0 amide bonds. The van der Waals surface area contributed by atoms with Crippen LogP contribution < -0.4 is 9.64 Å². The standard InChI is InChI=1S/C19H25BrN4O/c1-14-9-19(22-13-21-14)23(2)16-5-4-8-24(12-16)11-15-6-7-18(25-3)17(20)10-15/h6-7,9-10,13,16H,4-5,8,11-12H2,1-3H3. The number of halogens is 1. The minimum Gasteiger partial charge on any atom is -0.496 e. The van der Waals surface area contributed by atoms with Crippen LogP contribution in [0, 0.1) is 6.92 Å². The van der Waals surface area contributed by atoms with Crippen molar-refractivity contribution in [2.75, 3.05) is 32.1 Å². The Balaban J connectivity index is 1.65. The lowest BCUT2D eigenvalue weighted by Gasteiger charge is -2.38. The van der Waals surface area contributed by atoms with Gasteiger partial charge in [-0.3, -0.25) is 4.90 Å². The summed E-state index contributed by atoms with van der Waals surface area (Å²) in [4.78, 5) is 13.4. The van der Waals surface area contributed by atoms with Crippen LogP contribution in [0.15, 0.2) is 35.1 Å². The number of hydrogen-bond acceptors (Lipinski definition) is 5. The van der Waals surface area contributed by atoms with E-state index in [-0.39, 0.29) is 0 Å². The molecule has 1 saturated heterocycles. The van der Waals surface area contributed by atoms with Crippen LogP contribution in [0.5, 0.6) is 5.75 Å². The van der Waals surface area contributed by atoms with Gasteiger partial charge in [-0.05, 0) is 59.9 Å². The Kier molecular flexibility index (Phi) is 5.91. The van der Waals surface area contributed by atoms with Crippen LogP contribution in [-0.2, 0) is 6.54 Å². The number of aryl methyl sites for hydroxylation is 1. The minimum atomic E-state index is 0.477. The molecule has 25 heavy (non-hydrogen) atoms. The molecule has 1 aliphatic rings. The Morgan fingerprint density at radius 1 is 1.32 bits per heavy atom. The van der Waals surface area contributed by atoms with Gasteiger partial charge in [-0.2, -0.15) is 0 Å². The highest BCUT2D eigenvalue weighted by molar-refractivity contribution is 9.10. The number of likely N-dealkylation sites (tertiary alicyclic amines) is 1. The summed E-state index contributed by atoms with van der Waals surface area (Å²) in [6.45, 7) is 5.14. The number of ether oxygens (including phenoxy) is 1. The summed E-state index contributed by atoms with van der Waals surface area (Å²) in [5.41, 5.74) is 2.31. The molecule has 1 unspecified atom stereocenters. The average molecular weight is 405 g/mol. The van der Waals surface area contributed by atoms with Crippen LogP contribution in [0.25, 0.3) is 0 Å². The van der Waals surface area contributed by atoms with E-state index in [9.17, 15) is 0 Å². The topological polar surface area (TPSA) is 41.5 Å². The monoisotopic (exact) mass is 404 g/mol. The van der Waals surface area contributed by atoms with Crippen LogP contribution >= 0.6 is 15.9 Å². The molecule has 0 saturated carbocycles. The van der Waals surface area contributed by atoms with E-state index in [0.717, 1.165) is 41.4 Å². The van der Waals surface area contributed by atoms with Crippen molar-refractivity contribution in [2.45, 2.75) is 32.4 Å². The zero-order valence-electron chi connectivity index (χ0n) is 15.1. The Morgan fingerprint density at radius 3 is 2.88 bits per heavy atom. The fourth-order valence-electron chi connectivity index (χ4n) is 3.38. The number of rotatable bonds is 5. The molecule has 1 atom stereocenters. The van der Waals surface area contributed by atoms with E-state index >= 15 is 0 Å². The second-order valence-electron chi connectivity index (χ2n) is 6.63. The summed E-state index contributed by atoms with van der Waals surface area (Å²) in [5, 5.41) is 0. The number of piperidine rings is 1. The first kappa shape index (κ1) is 18.1. The number of nitrogens with zero attached hydrogens (tertiary/aromatic N) is 4. The van der Waals surface area contributed by atoms with Gasteiger partial charge in [-0.1, -0.05) is 6.07 Å². The van der Waals surface area contributed by atoms with Crippen LogP contribution in [0.4, 0.5) is 5.82 Å². The molecule has 3 rings (SSSR count). The van der Waals surface area contributed by atoms with E-state index in [1.807, 2.05) is 13.0 Å². The summed E-state index contributed by atoms with van der Waals surface area (Å²) in [6, 6.07) is 8.85. The lowest BCUT2D eigenvalue weighted by molar-refractivity contribution is 0.198. The molecule has 1 aliphatic heterocycles. The van der Waals surface area contributed by atoms with Gasteiger partial charge in [0.15, 0.2) is 0 Å². The first-order valence-electron chi connectivity index (χ1n) is 8.63. The van der Waals surface area contributed by atoms with Crippen LogP contribution in [-0.4, -0.2) is 48.2 Å². The zero-order valence-corrected chi connectivity index (χ0v) is 16.7. The van der Waals surface area contributed by atoms with Gasteiger partial charge in [0.2, 0.25) is 0 Å². The molecule has 2 aromatic rings. The maximum Gasteiger partial charge on any atom is 0.133 e. The first-order valence-corrected chi connectivity index (χ1v) is 9.42. The van der Waals surface area contributed by atoms with Crippen molar-refractivity contribution in [3.05, 3.63) is 46.3 Å². The average Bonchev–Trinajstić information content (AvgIpc) is 2.61. The summed E-state index contributed by atoms with van der Waals surface area (Å²) >= 11 is 3.58. The van der Waals surface area contributed by atoms with Crippen LogP contribution in [0.2, 0.25) is 0 Å². The number of methoxy groups -OCH3 is 1. The van der Waals surface area contributed by atoms with Gasteiger partial charge < -0.3 is 9.64 Å². The normalized spacial score (nSPS) is 18.2. The molecule has 0 radical (unpaired) electrons. The molecule has 0 bridgehead atoms. The Hall–Kier alpha value is -1.66. The maximum absolute atomic E-state index is 5.32. The second kappa shape index (κ2) is 8.15. The zero-order chi connectivity index (χ0) is 17.8. The molecule has 5 nitrogen and oxygen atoms in total. The summed E-state index contributed by atoms with van der Waals surface area (Å²) in [6.07, 6.45) is 4.05. The van der Waals surface area contributed by atoms with Gasteiger partial charge in [0.25, 0.3) is 0 Å². The van der Waals surface area contributed by atoms with Gasteiger partial charge in [-0.15, -0.1) is 0 Å². The van der Waals surface area contributed by atoms with Gasteiger partial charge in [0, 0.05) is 37.9 Å². The third-order valence-electron chi connectivity index (χ3n) is 4.80. The second-order valence-corrected chi connectivity index (χ2v) is 7.48. The fourth-order valence-corrected chi connectivity index (χ4v) is 3.97. The largest absolute Gasteiger partial charge is 0.496 e. The van der Waals surface area contributed by atoms with Crippen molar-refractivity contribution in [2.24, 2.45) is 0 Å². The molecule has 6 heteroatoms. The summed E-state index contributed by atoms with van der Waals surface area (Å²) in [5.74, 6) is 1.88. The van der Waals surface area contributed by atoms with E-state index < -0.39 is 0 Å². The van der Waals surface area contributed by atoms with Crippen molar-refractivity contribution in [3.8, 4) is 5.75 Å². The quantitative estimate of drug-likeness (QED) is 0.760. The number of likely N-dealkylation sites (N-methyl/N-ethyl adjacent to an activating group) is 1. The third kappa shape index (κ3) is 4.50. The number of anilines is 1. The maximum atomic E-state index is 5.32. The Morgan fingerprint density at radius 2 is 2.16 bits per heavy atom. The Labute approximate surface area is 158 Å². The van der Waals surface area contributed by atoms with E-state index in [4.69, 9.17) is 4.74 Å². The molecule has 134 valence electrons. The van der Waals surface area contributed by atoms with Crippen LogP contribution in [0.3, 0.4) is 0 Å². The smallest absolute Gasteiger partial charge is 0.133 e. The van der Waals surface area contributed by atoms with E-state index in [2.05, 4.69) is 60.9 Å². The van der Waals surface area contributed by atoms with E-state index in [1.165, 1.54) is 18.4 Å². The van der Waals surface area contributed by atoms with Crippen molar-refractivity contribution >= 4 is 21.7 Å². The predicted octanol–water partition coefficient (Wildman–Crippen LogP) is 3.66. The molecular formula is C19H25BrN4O. The lowest BCUT2D eigenvalue weighted by atomic mass is 10.0. The van der Waals surface area contributed by atoms with Crippen molar-refractivity contribution < 1.29 is 4.74 Å². The summed E-state index contributed by atoms with van der Waals surface area (Å²) in [7, 11) is 3.83. The highest BCUT2D eigenvalue weighted by Gasteiger charge is 2.24. The predicted molar refractivity (Wildman–Crippen MR) is 104 cm³/mol. The summed E-state index contributed by atoms with van der Waals surface area (Å²) < 4.78 is 6.33. The number of hydrogen-bond donors (Lipinski definition) is 0. The van der Waals surface area contributed by atoms with E-state index in [1.54, 1.807) is 13.4 Å². The minimum absolute atomic E-state index is 0.477. The SMILES string of the molecule is COc1ccc(CN2CCCC(N(C)c3cc(C)ncn3)C2)cc1Br. The van der Waals surface area contributed by atoms with Crippen molar-refractivity contribution in [3.63, 3.8) is 0 Å². The molecule has 0 aliphatic carbocycles. The van der Waals surface area contributed by atoms with E-state index in [0.29, 0.717) is 6.04 Å². The Bertz CT molecular complexity index is 724. The lowest BCUT2D eigenvalue weighted by Crippen LogP contribution is -2.46.